The van der Waals surface area contributed by atoms with Gasteiger partial charge in [-0.2, -0.15) is 10.1 Å². The molecule has 2 aromatic rings. The standard InChI is InChI=1S/C15H22N6O/c1-11-13(12(2)21-15(18-11)16-10-17-21)4-5-14(22)20-8-6-19(3)7-9-20/h10H,4-9H2,1-3H3. The summed E-state index contributed by atoms with van der Waals surface area (Å²) in [6.07, 6.45) is 2.73. The molecule has 1 saturated heterocycles. The lowest BCUT2D eigenvalue weighted by molar-refractivity contribution is -0.132. The van der Waals surface area contributed by atoms with E-state index in [2.05, 4.69) is 27.0 Å². The summed E-state index contributed by atoms with van der Waals surface area (Å²) in [4.78, 5) is 25.2. The van der Waals surface area contributed by atoms with Crippen LogP contribution in [0.5, 0.6) is 0 Å². The van der Waals surface area contributed by atoms with Gasteiger partial charge in [0.2, 0.25) is 5.91 Å². The summed E-state index contributed by atoms with van der Waals surface area (Å²) in [6.45, 7) is 7.54. The van der Waals surface area contributed by atoms with E-state index in [0.717, 1.165) is 43.1 Å². The highest BCUT2D eigenvalue weighted by Gasteiger charge is 2.20. The third-order valence-electron chi connectivity index (χ3n) is 4.43. The van der Waals surface area contributed by atoms with Gasteiger partial charge in [-0.15, -0.1) is 0 Å². The Bertz CT molecular complexity index is 687. The third kappa shape index (κ3) is 2.81. The van der Waals surface area contributed by atoms with E-state index in [-0.39, 0.29) is 5.91 Å². The SMILES string of the molecule is Cc1nc2ncnn2c(C)c1CCC(=O)N1CCN(C)CC1. The molecule has 1 aliphatic rings. The average molecular weight is 302 g/mol. The fraction of sp³-hybridized carbons (Fsp3) is 0.600. The Balaban J connectivity index is 1.70. The van der Waals surface area contributed by atoms with Crippen molar-refractivity contribution in [1.82, 2.24) is 29.4 Å². The molecule has 1 fully saturated rings. The number of carbonyl (C=O) groups is 1. The van der Waals surface area contributed by atoms with Gasteiger partial charge in [0.15, 0.2) is 0 Å². The van der Waals surface area contributed by atoms with Crippen LogP contribution in [-0.4, -0.2) is 68.5 Å². The monoisotopic (exact) mass is 302 g/mol. The highest BCUT2D eigenvalue weighted by molar-refractivity contribution is 5.76. The molecule has 0 aliphatic carbocycles. The first-order chi connectivity index (χ1) is 10.6. The number of rotatable bonds is 3. The first-order valence-electron chi connectivity index (χ1n) is 7.68. The number of likely N-dealkylation sites (N-methyl/N-ethyl adjacent to an activating group) is 1. The molecule has 1 amide bonds. The largest absolute Gasteiger partial charge is 0.340 e. The zero-order valence-electron chi connectivity index (χ0n) is 13.4. The first kappa shape index (κ1) is 14.9. The number of hydrogen-bond acceptors (Lipinski definition) is 5. The third-order valence-corrected chi connectivity index (χ3v) is 4.43. The van der Waals surface area contributed by atoms with E-state index in [9.17, 15) is 4.79 Å². The molecule has 0 saturated carbocycles. The molecule has 0 spiro atoms. The van der Waals surface area contributed by atoms with Gasteiger partial charge in [0.1, 0.15) is 6.33 Å². The molecule has 0 aromatic carbocycles. The van der Waals surface area contributed by atoms with Crippen LogP contribution in [0.15, 0.2) is 6.33 Å². The maximum Gasteiger partial charge on any atom is 0.252 e. The summed E-state index contributed by atoms with van der Waals surface area (Å²) < 4.78 is 1.74. The number of aromatic nitrogens is 4. The minimum absolute atomic E-state index is 0.227. The van der Waals surface area contributed by atoms with Crippen molar-refractivity contribution in [1.29, 1.82) is 0 Å². The highest BCUT2D eigenvalue weighted by atomic mass is 16.2. The summed E-state index contributed by atoms with van der Waals surface area (Å²) in [5.41, 5.74) is 3.05. The molecule has 0 radical (unpaired) electrons. The Kier molecular flexibility index (Phi) is 4.06. The lowest BCUT2D eigenvalue weighted by Crippen LogP contribution is -2.47. The van der Waals surface area contributed by atoms with E-state index in [1.807, 2.05) is 18.7 Å². The number of fused-ring (bicyclic) bond motifs is 1. The van der Waals surface area contributed by atoms with Gasteiger partial charge in [0, 0.05) is 44.0 Å². The Labute approximate surface area is 130 Å². The van der Waals surface area contributed by atoms with Gasteiger partial charge >= 0.3 is 0 Å². The molecule has 7 heteroatoms. The van der Waals surface area contributed by atoms with Crippen molar-refractivity contribution in [3.63, 3.8) is 0 Å². The van der Waals surface area contributed by atoms with E-state index in [1.54, 1.807) is 4.52 Å². The van der Waals surface area contributed by atoms with Gasteiger partial charge in [-0.3, -0.25) is 4.79 Å². The fourth-order valence-corrected chi connectivity index (χ4v) is 2.96. The molecule has 3 rings (SSSR count). The molecule has 0 atom stereocenters. The van der Waals surface area contributed by atoms with Crippen LogP contribution in [-0.2, 0) is 11.2 Å². The highest BCUT2D eigenvalue weighted by Crippen LogP contribution is 2.15. The van der Waals surface area contributed by atoms with Gasteiger partial charge < -0.3 is 9.80 Å². The van der Waals surface area contributed by atoms with Crippen LogP contribution >= 0.6 is 0 Å². The molecule has 22 heavy (non-hydrogen) atoms. The summed E-state index contributed by atoms with van der Waals surface area (Å²) in [6, 6.07) is 0. The molecule has 1 aliphatic heterocycles. The second kappa shape index (κ2) is 6.00. The molecule has 118 valence electrons. The van der Waals surface area contributed by atoms with Crippen LogP contribution in [0.3, 0.4) is 0 Å². The second-order valence-electron chi connectivity index (χ2n) is 5.92. The normalized spacial score (nSPS) is 16.4. The quantitative estimate of drug-likeness (QED) is 0.823. The van der Waals surface area contributed by atoms with Crippen LogP contribution in [0.2, 0.25) is 0 Å². The number of piperazine rings is 1. The minimum Gasteiger partial charge on any atom is -0.340 e. The van der Waals surface area contributed by atoms with E-state index in [1.165, 1.54) is 6.33 Å². The van der Waals surface area contributed by atoms with Gasteiger partial charge in [0.25, 0.3) is 5.78 Å². The summed E-state index contributed by atoms with van der Waals surface area (Å²) in [5, 5.41) is 4.19. The number of carbonyl (C=O) groups excluding carboxylic acids is 1. The minimum atomic E-state index is 0.227. The molecule has 3 heterocycles. The zero-order chi connectivity index (χ0) is 15.7. The molecule has 0 bridgehead atoms. The average Bonchev–Trinajstić information content (AvgIpc) is 2.96. The van der Waals surface area contributed by atoms with Gasteiger partial charge in [-0.05, 0) is 32.9 Å². The number of hydrogen-bond donors (Lipinski definition) is 0. The number of aryl methyl sites for hydroxylation is 2. The van der Waals surface area contributed by atoms with Crippen molar-refractivity contribution < 1.29 is 4.79 Å². The van der Waals surface area contributed by atoms with Crippen LogP contribution in [0.4, 0.5) is 0 Å². The van der Waals surface area contributed by atoms with E-state index in [4.69, 9.17) is 0 Å². The lowest BCUT2D eigenvalue weighted by Gasteiger charge is -2.32. The molecular weight excluding hydrogens is 280 g/mol. The summed E-state index contributed by atoms with van der Waals surface area (Å²) >= 11 is 0. The van der Waals surface area contributed by atoms with Crippen LogP contribution in [0, 0.1) is 13.8 Å². The van der Waals surface area contributed by atoms with Crippen molar-refractivity contribution in [2.45, 2.75) is 26.7 Å². The summed E-state index contributed by atoms with van der Waals surface area (Å²) in [5.74, 6) is 0.842. The zero-order valence-corrected chi connectivity index (χ0v) is 13.4. The fourth-order valence-electron chi connectivity index (χ4n) is 2.96. The maximum absolute atomic E-state index is 12.4. The summed E-state index contributed by atoms with van der Waals surface area (Å²) in [7, 11) is 2.09. The van der Waals surface area contributed by atoms with Gasteiger partial charge in [-0.1, -0.05) is 0 Å². The molecular formula is C15H22N6O. The Morgan fingerprint density at radius 1 is 1.23 bits per heavy atom. The Morgan fingerprint density at radius 3 is 2.68 bits per heavy atom. The molecule has 7 nitrogen and oxygen atoms in total. The van der Waals surface area contributed by atoms with Crippen molar-refractivity contribution in [2.75, 3.05) is 33.2 Å². The van der Waals surface area contributed by atoms with E-state index >= 15 is 0 Å². The molecule has 0 unspecified atom stereocenters. The van der Waals surface area contributed by atoms with Crippen molar-refractivity contribution in [3.8, 4) is 0 Å². The van der Waals surface area contributed by atoms with Crippen molar-refractivity contribution >= 4 is 11.7 Å². The predicted octanol–water partition coefficient (Wildman–Crippen LogP) is 0.448. The first-order valence-corrected chi connectivity index (χ1v) is 7.68. The Morgan fingerprint density at radius 2 is 1.95 bits per heavy atom. The van der Waals surface area contributed by atoms with Crippen LogP contribution < -0.4 is 0 Å². The topological polar surface area (TPSA) is 66.6 Å². The van der Waals surface area contributed by atoms with Crippen molar-refractivity contribution in [2.24, 2.45) is 0 Å². The number of nitrogens with zero attached hydrogens (tertiary/aromatic N) is 6. The molecule has 2 aromatic heterocycles. The van der Waals surface area contributed by atoms with Gasteiger partial charge in [0.05, 0.1) is 0 Å². The Hall–Kier alpha value is -2.02. The van der Waals surface area contributed by atoms with E-state index in [0.29, 0.717) is 18.6 Å². The van der Waals surface area contributed by atoms with E-state index < -0.39 is 0 Å². The molecule has 0 N–H and O–H groups in total. The van der Waals surface area contributed by atoms with Crippen molar-refractivity contribution in [3.05, 3.63) is 23.3 Å². The maximum atomic E-state index is 12.4. The van der Waals surface area contributed by atoms with Crippen LogP contribution in [0.25, 0.3) is 5.78 Å². The lowest BCUT2D eigenvalue weighted by atomic mass is 10.1. The number of amides is 1. The van der Waals surface area contributed by atoms with Crippen LogP contribution in [0.1, 0.15) is 23.4 Å². The smallest absolute Gasteiger partial charge is 0.252 e. The predicted molar refractivity (Wildman–Crippen MR) is 82.7 cm³/mol. The second-order valence-corrected chi connectivity index (χ2v) is 5.92. The van der Waals surface area contributed by atoms with Gasteiger partial charge in [-0.25, -0.2) is 9.50 Å².